The molecule has 0 aliphatic carbocycles. The average Bonchev–Trinajstić information content (AvgIpc) is 3.46. The van der Waals surface area contributed by atoms with Crippen molar-refractivity contribution in [3.8, 4) is 5.75 Å². The number of carbonyl (C=O) groups excluding carboxylic acids is 2. The van der Waals surface area contributed by atoms with Crippen LogP contribution in [0.2, 0.25) is 0 Å². The zero-order valence-corrected chi connectivity index (χ0v) is 28.9. The summed E-state index contributed by atoms with van der Waals surface area (Å²) in [6.07, 6.45) is 1.70. The molecule has 1 aromatic carbocycles. The molecule has 3 aromatic heterocycles. The van der Waals surface area contributed by atoms with Gasteiger partial charge in [0.05, 0.1) is 30.0 Å². The van der Waals surface area contributed by atoms with E-state index in [1.54, 1.807) is 44.8 Å². The van der Waals surface area contributed by atoms with Crippen molar-refractivity contribution in [1.29, 1.82) is 0 Å². The van der Waals surface area contributed by atoms with Crippen molar-refractivity contribution >= 4 is 61.7 Å². The molecule has 0 fully saturated rings. The first-order valence-corrected chi connectivity index (χ1v) is 16.2. The molecule has 0 aliphatic rings. The summed E-state index contributed by atoms with van der Waals surface area (Å²) in [6, 6.07) is 8.20. The van der Waals surface area contributed by atoms with E-state index in [2.05, 4.69) is 30.9 Å². The van der Waals surface area contributed by atoms with Gasteiger partial charge in [-0.05, 0) is 67.9 Å². The molecule has 4 aromatic rings. The van der Waals surface area contributed by atoms with E-state index in [0.717, 1.165) is 32.2 Å². The lowest BCUT2D eigenvalue weighted by atomic mass is 10.3. The van der Waals surface area contributed by atoms with E-state index in [1.807, 2.05) is 37.5 Å². The molecule has 0 bridgehead atoms. The van der Waals surface area contributed by atoms with Crippen LogP contribution in [0.15, 0.2) is 51.1 Å². The van der Waals surface area contributed by atoms with Crippen molar-refractivity contribution in [2.75, 3.05) is 27.3 Å². The molecule has 3 heterocycles. The highest BCUT2D eigenvalue weighted by Gasteiger charge is 2.18. The first-order chi connectivity index (χ1) is 20.9. The number of hydrogen-bond donors (Lipinski definition) is 1. The van der Waals surface area contributed by atoms with Gasteiger partial charge in [-0.3, -0.25) is 9.59 Å². The van der Waals surface area contributed by atoms with Crippen LogP contribution in [0, 0.1) is 19.7 Å². The zero-order valence-electron chi connectivity index (χ0n) is 25.7. The van der Waals surface area contributed by atoms with Crippen LogP contribution in [-0.4, -0.2) is 63.1 Å². The molecule has 0 saturated heterocycles. The Labute approximate surface area is 272 Å². The standard InChI is InChI=1S/C17H22FN3O3S.C13H14BrN3OS/c1-5-24-12-6-7-14(13(18)10-12)19-17-21(8-9-22)11(2)15(25-17)16(23)20(3)4;1-4-17-8(2)12(9(3)18)19-13(17)16-10-5-6-11(14)15-7-10/h6-7,10,22H,5,8-9H2,1-4H3;5-7H,4H2,1-3H3. The quantitative estimate of drug-likeness (QED) is 0.175. The third kappa shape index (κ3) is 8.58. The van der Waals surface area contributed by atoms with E-state index in [0.29, 0.717) is 27.7 Å². The predicted molar refractivity (Wildman–Crippen MR) is 175 cm³/mol. The second-order valence-corrected chi connectivity index (χ2v) is 12.4. The Kier molecular flexibility index (Phi) is 12.8. The normalized spacial score (nSPS) is 11.8. The Hall–Kier alpha value is -3.46. The number of halogens is 2. The fourth-order valence-corrected chi connectivity index (χ4v) is 6.62. The van der Waals surface area contributed by atoms with Crippen LogP contribution in [0.25, 0.3) is 0 Å². The fraction of sp³-hybridized carbons (Fsp3) is 0.367. The molecule has 1 N–H and O–H groups in total. The van der Waals surface area contributed by atoms with Gasteiger partial charge in [0.15, 0.2) is 21.2 Å². The van der Waals surface area contributed by atoms with Crippen LogP contribution in [0.3, 0.4) is 0 Å². The smallest absolute Gasteiger partial charge is 0.265 e. The van der Waals surface area contributed by atoms with Gasteiger partial charge in [0.25, 0.3) is 5.91 Å². The third-order valence-electron chi connectivity index (χ3n) is 6.26. The SMILES string of the molecule is CCOc1ccc(N=c2sc(C(=O)N(C)C)c(C)n2CCO)c(F)c1.CCn1c(C)c(C(C)=O)sc1=Nc1ccc(Br)nc1. The second kappa shape index (κ2) is 16.0. The number of aromatic nitrogens is 3. The zero-order chi connectivity index (χ0) is 32.6. The van der Waals surface area contributed by atoms with Crippen molar-refractivity contribution in [3.05, 3.63) is 77.7 Å². The van der Waals surface area contributed by atoms with Gasteiger partial charge in [0, 0.05) is 51.6 Å². The molecular weight excluding hydrogens is 671 g/mol. The maximum absolute atomic E-state index is 14.3. The van der Waals surface area contributed by atoms with Crippen molar-refractivity contribution in [2.24, 2.45) is 9.98 Å². The van der Waals surface area contributed by atoms with Crippen molar-refractivity contribution in [2.45, 2.75) is 47.7 Å². The number of aliphatic hydroxyl groups is 1. The third-order valence-corrected chi connectivity index (χ3v) is 9.18. The molecule has 0 unspecified atom stereocenters. The lowest BCUT2D eigenvalue weighted by Gasteiger charge is -2.09. The van der Waals surface area contributed by atoms with Crippen molar-refractivity contribution in [3.63, 3.8) is 0 Å². The number of nitrogens with zero attached hydrogens (tertiary/aromatic N) is 6. The molecule has 44 heavy (non-hydrogen) atoms. The largest absolute Gasteiger partial charge is 0.494 e. The summed E-state index contributed by atoms with van der Waals surface area (Å²) in [5.41, 5.74) is 2.61. The molecule has 4 rings (SSSR count). The van der Waals surface area contributed by atoms with Gasteiger partial charge in [0.2, 0.25) is 0 Å². The summed E-state index contributed by atoms with van der Waals surface area (Å²) < 4.78 is 24.1. The fourth-order valence-electron chi connectivity index (χ4n) is 4.09. The van der Waals surface area contributed by atoms with Crippen LogP contribution in [0.1, 0.15) is 51.5 Å². The molecule has 10 nitrogen and oxygen atoms in total. The first kappa shape index (κ1) is 35.0. The summed E-state index contributed by atoms with van der Waals surface area (Å²) in [4.78, 5) is 41.0. The number of ether oxygens (including phenoxy) is 1. The average molecular weight is 708 g/mol. The van der Waals surface area contributed by atoms with E-state index < -0.39 is 5.82 Å². The maximum Gasteiger partial charge on any atom is 0.265 e. The van der Waals surface area contributed by atoms with Gasteiger partial charge in [-0.25, -0.2) is 19.4 Å². The summed E-state index contributed by atoms with van der Waals surface area (Å²) in [6.45, 7) is 10.6. The maximum atomic E-state index is 14.3. The van der Waals surface area contributed by atoms with Gasteiger partial charge in [-0.2, -0.15) is 0 Å². The molecular formula is C30H36BrFN6O4S2. The van der Waals surface area contributed by atoms with E-state index in [4.69, 9.17) is 4.74 Å². The number of rotatable bonds is 9. The summed E-state index contributed by atoms with van der Waals surface area (Å²) in [5.74, 6) is -0.135. The number of benzene rings is 1. The second-order valence-electron chi connectivity index (χ2n) is 9.58. The van der Waals surface area contributed by atoms with Crippen LogP contribution < -0.4 is 14.3 Å². The molecule has 1 amide bonds. The summed E-state index contributed by atoms with van der Waals surface area (Å²) in [7, 11) is 3.33. The Bertz CT molecular complexity index is 1760. The van der Waals surface area contributed by atoms with Crippen LogP contribution >= 0.6 is 38.6 Å². The number of amides is 1. The summed E-state index contributed by atoms with van der Waals surface area (Å²) >= 11 is 5.90. The van der Waals surface area contributed by atoms with Crippen LogP contribution in [-0.2, 0) is 13.1 Å². The highest BCUT2D eigenvalue weighted by molar-refractivity contribution is 9.10. The molecule has 0 saturated carbocycles. The monoisotopic (exact) mass is 706 g/mol. The van der Waals surface area contributed by atoms with Gasteiger partial charge in [-0.1, -0.05) is 22.7 Å². The lowest BCUT2D eigenvalue weighted by molar-refractivity contribution is 0.0830. The molecule has 0 aliphatic heterocycles. The number of pyridine rings is 1. The first-order valence-electron chi connectivity index (χ1n) is 13.8. The Balaban J connectivity index is 0.000000249. The Morgan fingerprint density at radius 3 is 2.25 bits per heavy atom. The van der Waals surface area contributed by atoms with Crippen LogP contribution in [0.5, 0.6) is 5.75 Å². The molecule has 236 valence electrons. The number of carbonyl (C=O) groups is 2. The van der Waals surface area contributed by atoms with Gasteiger partial charge in [0.1, 0.15) is 20.9 Å². The molecule has 14 heteroatoms. The van der Waals surface area contributed by atoms with E-state index in [1.165, 1.54) is 39.7 Å². The van der Waals surface area contributed by atoms with Crippen molar-refractivity contribution in [1.82, 2.24) is 19.0 Å². The van der Waals surface area contributed by atoms with Crippen molar-refractivity contribution < 1.29 is 23.8 Å². The Morgan fingerprint density at radius 1 is 1.05 bits per heavy atom. The van der Waals surface area contributed by atoms with E-state index in [9.17, 15) is 19.1 Å². The number of ketones is 1. The lowest BCUT2D eigenvalue weighted by Crippen LogP contribution is -2.22. The summed E-state index contributed by atoms with van der Waals surface area (Å²) in [5, 5.41) is 9.30. The minimum atomic E-state index is -0.506. The minimum Gasteiger partial charge on any atom is -0.494 e. The molecule has 0 spiro atoms. The predicted octanol–water partition coefficient (Wildman–Crippen LogP) is 5.79. The topological polar surface area (TPSA) is 114 Å². The van der Waals surface area contributed by atoms with Gasteiger partial charge in [-0.15, -0.1) is 0 Å². The van der Waals surface area contributed by atoms with E-state index >= 15 is 0 Å². The van der Waals surface area contributed by atoms with Crippen LogP contribution in [0.4, 0.5) is 15.8 Å². The number of aliphatic hydroxyl groups excluding tert-OH is 1. The highest BCUT2D eigenvalue weighted by atomic mass is 79.9. The number of Topliss-reactive ketones (excluding diaryl/α,β-unsaturated/α-hetero) is 1. The van der Waals surface area contributed by atoms with Gasteiger partial charge >= 0.3 is 0 Å². The minimum absolute atomic E-state index is 0.0834. The highest BCUT2D eigenvalue weighted by Crippen LogP contribution is 2.24. The number of thiazole rings is 2. The Morgan fingerprint density at radius 2 is 1.70 bits per heavy atom. The molecule has 0 atom stereocenters. The molecule has 0 radical (unpaired) electrons. The van der Waals surface area contributed by atoms with E-state index in [-0.39, 0.29) is 30.5 Å². The van der Waals surface area contributed by atoms with Gasteiger partial charge < -0.3 is 23.9 Å². The number of hydrogen-bond acceptors (Lipinski definition) is 9.